The molecule has 112 valence electrons. The molecule has 6 nitrogen and oxygen atoms in total. The van der Waals surface area contributed by atoms with Crippen LogP contribution in [0.25, 0.3) is 0 Å². The van der Waals surface area contributed by atoms with Crippen molar-refractivity contribution in [3.05, 3.63) is 16.5 Å². The molecular formula is C13H19BBrN5O. The zero-order valence-corrected chi connectivity index (χ0v) is 13.9. The molecule has 0 amide bonds. The third-order valence-corrected chi connectivity index (χ3v) is 4.48. The third kappa shape index (κ3) is 3.73. The first-order valence-electron chi connectivity index (χ1n) is 7.09. The van der Waals surface area contributed by atoms with Gasteiger partial charge in [-0.25, -0.2) is 9.97 Å². The van der Waals surface area contributed by atoms with Crippen molar-refractivity contribution in [1.29, 1.82) is 5.26 Å². The molecule has 0 aliphatic carbocycles. The molecule has 0 unspecified atom stereocenters. The summed E-state index contributed by atoms with van der Waals surface area (Å²) in [7, 11) is -0.415. The van der Waals surface area contributed by atoms with Crippen molar-refractivity contribution < 1.29 is 5.02 Å². The highest BCUT2D eigenvalue weighted by atomic mass is 79.9. The fourth-order valence-corrected chi connectivity index (χ4v) is 3.25. The van der Waals surface area contributed by atoms with Gasteiger partial charge in [0.1, 0.15) is 16.7 Å². The van der Waals surface area contributed by atoms with E-state index in [-0.39, 0.29) is 5.92 Å². The standard InChI is InChI=1S/C13H19BBrN5O/c1-10(3-4-16)11-12(15)17-9-18-13(11)19-5-7-20(8-6-19)14(2)21/h9-10,21H,3,5-8H2,1-2H3/t10-/m1/s1. The summed E-state index contributed by atoms with van der Waals surface area (Å²) in [6.45, 7) is 7.01. The van der Waals surface area contributed by atoms with Gasteiger partial charge >= 0.3 is 7.05 Å². The van der Waals surface area contributed by atoms with Gasteiger partial charge in [0.25, 0.3) is 0 Å². The van der Waals surface area contributed by atoms with E-state index in [9.17, 15) is 5.02 Å². The molecule has 0 spiro atoms. The average Bonchev–Trinajstić information content (AvgIpc) is 2.47. The van der Waals surface area contributed by atoms with E-state index in [0.717, 1.165) is 42.2 Å². The topological polar surface area (TPSA) is 76.3 Å². The van der Waals surface area contributed by atoms with E-state index in [1.807, 2.05) is 11.7 Å². The highest BCUT2D eigenvalue weighted by Crippen LogP contribution is 2.33. The number of rotatable bonds is 4. The number of piperazine rings is 1. The fourth-order valence-electron chi connectivity index (χ4n) is 2.59. The van der Waals surface area contributed by atoms with Gasteiger partial charge < -0.3 is 14.7 Å². The lowest BCUT2D eigenvalue weighted by molar-refractivity contribution is 0.343. The Morgan fingerprint density at radius 1 is 1.43 bits per heavy atom. The number of nitriles is 1. The van der Waals surface area contributed by atoms with Crippen molar-refractivity contribution in [1.82, 2.24) is 14.8 Å². The lowest BCUT2D eigenvalue weighted by Gasteiger charge is -2.37. The van der Waals surface area contributed by atoms with Crippen molar-refractivity contribution in [3.63, 3.8) is 0 Å². The maximum atomic E-state index is 9.63. The van der Waals surface area contributed by atoms with Gasteiger partial charge in [0.05, 0.1) is 6.07 Å². The fraction of sp³-hybridized carbons (Fsp3) is 0.615. The van der Waals surface area contributed by atoms with Crippen LogP contribution in [0.1, 0.15) is 24.8 Å². The molecule has 0 aromatic carbocycles. The lowest BCUT2D eigenvalue weighted by atomic mass is 9.84. The predicted molar refractivity (Wildman–Crippen MR) is 86.0 cm³/mol. The Bertz CT molecular complexity index is 528. The van der Waals surface area contributed by atoms with Crippen molar-refractivity contribution in [2.24, 2.45) is 0 Å². The molecule has 1 atom stereocenters. The molecule has 0 radical (unpaired) electrons. The van der Waals surface area contributed by atoms with Crippen LogP contribution in [0.5, 0.6) is 0 Å². The molecule has 1 aromatic rings. The van der Waals surface area contributed by atoms with Crippen LogP contribution in [0.4, 0.5) is 5.82 Å². The maximum absolute atomic E-state index is 9.63. The van der Waals surface area contributed by atoms with Gasteiger partial charge in [-0.1, -0.05) is 6.92 Å². The minimum Gasteiger partial charge on any atom is -0.437 e. The quantitative estimate of drug-likeness (QED) is 0.654. The number of halogens is 1. The molecule has 1 aliphatic heterocycles. The van der Waals surface area contributed by atoms with Crippen LogP contribution >= 0.6 is 15.9 Å². The third-order valence-electron chi connectivity index (χ3n) is 3.85. The Morgan fingerprint density at radius 3 is 2.67 bits per heavy atom. The number of hydrogen-bond donors (Lipinski definition) is 1. The number of hydrogen-bond acceptors (Lipinski definition) is 6. The average molecular weight is 352 g/mol. The highest BCUT2D eigenvalue weighted by molar-refractivity contribution is 9.10. The molecule has 21 heavy (non-hydrogen) atoms. The second kappa shape index (κ2) is 7.21. The van der Waals surface area contributed by atoms with Gasteiger partial charge in [0.2, 0.25) is 0 Å². The minimum absolute atomic E-state index is 0.0790. The van der Waals surface area contributed by atoms with E-state index >= 15 is 0 Å². The Balaban J connectivity index is 2.21. The van der Waals surface area contributed by atoms with E-state index in [1.165, 1.54) is 0 Å². The largest absolute Gasteiger partial charge is 0.437 e. The number of aromatic nitrogens is 2. The zero-order valence-electron chi connectivity index (χ0n) is 12.3. The van der Waals surface area contributed by atoms with E-state index < -0.39 is 7.05 Å². The monoisotopic (exact) mass is 351 g/mol. The molecule has 1 N–H and O–H groups in total. The van der Waals surface area contributed by atoms with Crippen LogP contribution in [0.3, 0.4) is 0 Å². The Labute approximate surface area is 134 Å². The van der Waals surface area contributed by atoms with E-state index in [2.05, 4.69) is 36.9 Å². The Kier molecular flexibility index (Phi) is 5.56. The number of anilines is 1. The molecule has 1 saturated heterocycles. The summed E-state index contributed by atoms with van der Waals surface area (Å²) in [4.78, 5) is 12.9. The maximum Gasteiger partial charge on any atom is 0.376 e. The Hall–Kier alpha value is -1.17. The van der Waals surface area contributed by atoms with Gasteiger partial charge in [-0.2, -0.15) is 5.26 Å². The molecule has 2 rings (SSSR count). The van der Waals surface area contributed by atoms with Gasteiger partial charge in [0.15, 0.2) is 0 Å². The Morgan fingerprint density at radius 2 is 2.10 bits per heavy atom. The van der Waals surface area contributed by atoms with Crippen LogP contribution in [0, 0.1) is 11.3 Å². The number of nitrogens with zero attached hydrogens (tertiary/aromatic N) is 5. The molecule has 0 bridgehead atoms. The zero-order chi connectivity index (χ0) is 15.4. The summed E-state index contributed by atoms with van der Waals surface area (Å²) in [5.41, 5.74) is 0.990. The van der Waals surface area contributed by atoms with Crippen LogP contribution < -0.4 is 4.90 Å². The van der Waals surface area contributed by atoms with Crippen molar-refractivity contribution in [3.8, 4) is 6.07 Å². The summed E-state index contributed by atoms with van der Waals surface area (Å²) in [6.07, 6.45) is 1.98. The normalized spacial score (nSPS) is 17.4. The van der Waals surface area contributed by atoms with Gasteiger partial charge in [-0.15, -0.1) is 0 Å². The minimum atomic E-state index is -0.415. The summed E-state index contributed by atoms with van der Waals surface area (Å²) in [5, 5.41) is 18.6. The van der Waals surface area contributed by atoms with E-state index in [4.69, 9.17) is 5.26 Å². The van der Waals surface area contributed by atoms with Crippen LogP contribution in [0.2, 0.25) is 6.82 Å². The molecule has 1 fully saturated rings. The van der Waals surface area contributed by atoms with E-state index in [1.54, 1.807) is 13.2 Å². The second-order valence-corrected chi connectivity index (χ2v) is 6.07. The first-order chi connectivity index (χ1) is 10.0. The molecular weight excluding hydrogens is 333 g/mol. The summed E-state index contributed by atoms with van der Waals surface area (Å²) < 4.78 is 0.758. The van der Waals surface area contributed by atoms with Gasteiger partial charge in [-0.05, 0) is 22.8 Å². The summed E-state index contributed by atoms with van der Waals surface area (Å²) in [6, 6.07) is 2.21. The van der Waals surface area contributed by atoms with Gasteiger partial charge in [0, 0.05) is 44.1 Å². The van der Waals surface area contributed by atoms with Crippen molar-refractivity contribution in [2.75, 3.05) is 31.1 Å². The molecule has 2 heterocycles. The second-order valence-electron chi connectivity index (χ2n) is 5.32. The summed E-state index contributed by atoms with van der Waals surface area (Å²) in [5.74, 6) is 0.972. The van der Waals surface area contributed by atoms with Crippen LogP contribution in [-0.2, 0) is 0 Å². The van der Waals surface area contributed by atoms with Crippen molar-refractivity contribution >= 4 is 28.8 Å². The molecule has 0 saturated carbocycles. The van der Waals surface area contributed by atoms with Gasteiger partial charge in [-0.3, -0.25) is 0 Å². The first-order valence-corrected chi connectivity index (χ1v) is 7.88. The SMILES string of the molecule is CB(O)N1CCN(c2ncnc(Br)c2[C@H](C)CC#N)CC1. The van der Waals surface area contributed by atoms with E-state index in [0.29, 0.717) is 6.42 Å². The molecule has 1 aromatic heterocycles. The first kappa shape index (κ1) is 16.2. The highest BCUT2D eigenvalue weighted by Gasteiger charge is 2.26. The van der Waals surface area contributed by atoms with Crippen LogP contribution in [0.15, 0.2) is 10.9 Å². The molecule has 8 heteroatoms. The summed E-state index contributed by atoms with van der Waals surface area (Å²) >= 11 is 3.48. The van der Waals surface area contributed by atoms with Crippen molar-refractivity contribution in [2.45, 2.75) is 26.1 Å². The van der Waals surface area contributed by atoms with Crippen LogP contribution in [-0.4, -0.2) is 53.0 Å². The lowest BCUT2D eigenvalue weighted by Crippen LogP contribution is -2.52. The smallest absolute Gasteiger partial charge is 0.376 e. The molecule has 1 aliphatic rings. The predicted octanol–water partition coefficient (Wildman–Crippen LogP) is 1.49.